The zero-order valence-corrected chi connectivity index (χ0v) is 11.7. The molecule has 2 N–H and O–H groups in total. The van der Waals surface area contributed by atoms with Crippen LogP contribution in [-0.4, -0.2) is 25.9 Å². The van der Waals surface area contributed by atoms with Gasteiger partial charge < -0.3 is 19.9 Å². The van der Waals surface area contributed by atoms with Crippen LogP contribution in [0.25, 0.3) is 0 Å². The highest BCUT2D eigenvalue weighted by Gasteiger charge is 2.15. The van der Waals surface area contributed by atoms with Crippen molar-refractivity contribution in [3.8, 4) is 11.5 Å². The summed E-state index contributed by atoms with van der Waals surface area (Å²) in [6.07, 6.45) is 2.45. The second-order valence-electron chi connectivity index (χ2n) is 4.94. The van der Waals surface area contributed by atoms with Gasteiger partial charge in [0.1, 0.15) is 13.2 Å². The van der Waals surface area contributed by atoms with Gasteiger partial charge in [-0.3, -0.25) is 0 Å². The minimum absolute atomic E-state index is 0.130. The molecule has 2 unspecified atom stereocenters. The van der Waals surface area contributed by atoms with Crippen LogP contribution in [0.5, 0.6) is 11.5 Å². The molecule has 0 bridgehead atoms. The zero-order chi connectivity index (χ0) is 13.7. The van der Waals surface area contributed by atoms with E-state index in [1.807, 2.05) is 18.2 Å². The Labute approximate surface area is 114 Å². The maximum atomic E-state index is 6.15. The van der Waals surface area contributed by atoms with Crippen LogP contribution in [-0.2, 0) is 4.74 Å². The molecule has 4 heteroatoms. The Morgan fingerprint density at radius 2 is 2.00 bits per heavy atom. The molecule has 0 radical (unpaired) electrons. The van der Waals surface area contributed by atoms with Gasteiger partial charge in [0.15, 0.2) is 11.5 Å². The molecule has 106 valence electrons. The average molecular weight is 265 g/mol. The van der Waals surface area contributed by atoms with E-state index in [1.165, 1.54) is 0 Å². The molecular weight excluding hydrogens is 242 g/mol. The number of benzene rings is 1. The Hall–Kier alpha value is -1.26. The van der Waals surface area contributed by atoms with E-state index in [1.54, 1.807) is 0 Å². The predicted molar refractivity (Wildman–Crippen MR) is 74.7 cm³/mol. The summed E-state index contributed by atoms with van der Waals surface area (Å²) in [4.78, 5) is 0. The summed E-state index contributed by atoms with van der Waals surface area (Å²) >= 11 is 0. The lowest BCUT2D eigenvalue weighted by atomic mass is 10.1. The fraction of sp³-hybridized carbons (Fsp3) is 0.600. The lowest BCUT2D eigenvalue weighted by Gasteiger charge is -2.21. The third-order valence-corrected chi connectivity index (χ3v) is 3.25. The normalized spacial score (nSPS) is 17.0. The molecule has 0 amide bonds. The van der Waals surface area contributed by atoms with Gasteiger partial charge in [0.25, 0.3) is 0 Å². The van der Waals surface area contributed by atoms with Crippen molar-refractivity contribution in [2.75, 3.05) is 19.8 Å². The quantitative estimate of drug-likeness (QED) is 0.859. The largest absolute Gasteiger partial charge is 0.486 e. The van der Waals surface area contributed by atoms with Crippen LogP contribution >= 0.6 is 0 Å². The summed E-state index contributed by atoms with van der Waals surface area (Å²) in [6, 6.07) is 5.72. The SMILES string of the molecule is CCCC(C)OCC(N)c1ccc2c(c1)OCCO2. The molecule has 4 nitrogen and oxygen atoms in total. The van der Waals surface area contributed by atoms with E-state index in [9.17, 15) is 0 Å². The van der Waals surface area contributed by atoms with Crippen molar-refractivity contribution in [3.63, 3.8) is 0 Å². The van der Waals surface area contributed by atoms with E-state index < -0.39 is 0 Å². The smallest absolute Gasteiger partial charge is 0.161 e. The van der Waals surface area contributed by atoms with Gasteiger partial charge in [-0.1, -0.05) is 19.4 Å². The Morgan fingerprint density at radius 1 is 1.26 bits per heavy atom. The molecule has 1 aliphatic rings. The van der Waals surface area contributed by atoms with Crippen molar-refractivity contribution >= 4 is 0 Å². The molecule has 1 aromatic rings. The summed E-state index contributed by atoms with van der Waals surface area (Å²) in [6.45, 7) is 5.97. The van der Waals surface area contributed by atoms with Crippen LogP contribution in [0.3, 0.4) is 0 Å². The molecule has 0 saturated heterocycles. The van der Waals surface area contributed by atoms with Crippen molar-refractivity contribution in [2.45, 2.75) is 38.8 Å². The first-order chi connectivity index (χ1) is 9.20. The van der Waals surface area contributed by atoms with Crippen molar-refractivity contribution in [2.24, 2.45) is 5.73 Å². The Bertz CT molecular complexity index is 408. The van der Waals surface area contributed by atoms with Gasteiger partial charge >= 0.3 is 0 Å². The molecule has 19 heavy (non-hydrogen) atoms. The van der Waals surface area contributed by atoms with Crippen molar-refractivity contribution < 1.29 is 14.2 Å². The van der Waals surface area contributed by atoms with Crippen LogP contribution in [0.2, 0.25) is 0 Å². The van der Waals surface area contributed by atoms with Crippen LogP contribution in [0, 0.1) is 0 Å². The lowest BCUT2D eigenvalue weighted by molar-refractivity contribution is 0.0502. The van der Waals surface area contributed by atoms with Crippen LogP contribution < -0.4 is 15.2 Å². The molecule has 1 heterocycles. The lowest BCUT2D eigenvalue weighted by Crippen LogP contribution is -2.21. The summed E-state index contributed by atoms with van der Waals surface area (Å²) in [5, 5.41) is 0. The molecule has 0 aromatic heterocycles. The minimum Gasteiger partial charge on any atom is -0.486 e. The number of rotatable bonds is 6. The van der Waals surface area contributed by atoms with E-state index in [4.69, 9.17) is 19.9 Å². The summed E-state index contributed by atoms with van der Waals surface area (Å²) in [5.41, 5.74) is 7.17. The predicted octanol–water partition coefficient (Wildman–Crippen LogP) is 2.66. The first-order valence-corrected chi connectivity index (χ1v) is 6.97. The topological polar surface area (TPSA) is 53.7 Å². The molecule has 0 spiro atoms. The van der Waals surface area contributed by atoms with Gasteiger partial charge in [-0.05, 0) is 31.0 Å². The average Bonchev–Trinajstić information content (AvgIpc) is 2.44. The van der Waals surface area contributed by atoms with Crippen molar-refractivity contribution in [1.29, 1.82) is 0 Å². The molecule has 1 aromatic carbocycles. The second-order valence-corrected chi connectivity index (χ2v) is 4.94. The number of ether oxygens (including phenoxy) is 3. The number of hydrogen-bond donors (Lipinski definition) is 1. The van der Waals surface area contributed by atoms with Gasteiger partial charge in [-0.25, -0.2) is 0 Å². The van der Waals surface area contributed by atoms with Gasteiger partial charge in [0, 0.05) is 0 Å². The van der Waals surface area contributed by atoms with Crippen LogP contribution in [0.15, 0.2) is 18.2 Å². The molecule has 1 aliphatic heterocycles. The Kier molecular flexibility index (Phi) is 5.05. The first kappa shape index (κ1) is 14.2. The number of fused-ring (bicyclic) bond motifs is 1. The van der Waals surface area contributed by atoms with E-state index >= 15 is 0 Å². The zero-order valence-electron chi connectivity index (χ0n) is 11.7. The van der Waals surface area contributed by atoms with E-state index in [0.29, 0.717) is 19.8 Å². The Balaban J connectivity index is 1.93. The van der Waals surface area contributed by atoms with Crippen LogP contribution in [0.1, 0.15) is 38.3 Å². The molecular formula is C15H23NO3. The van der Waals surface area contributed by atoms with Gasteiger partial charge in [-0.15, -0.1) is 0 Å². The van der Waals surface area contributed by atoms with E-state index in [-0.39, 0.29) is 12.1 Å². The molecule has 2 rings (SSSR count). The summed E-state index contributed by atoms with van der Waals surface area (Å²) in [5.74, 6) is 1.57. The number of nitrogens with two attached hydrogens (primary N) is 1. The second kappa shape index (κ2) is 6.78. The highest BCUT2D eigenvalue weighted by atomic mass is 16.6. The highest BCUT2D eigenvalue weighted by molar-refractivity contribution is 5.44. The molecule has 0 saturated carbocycles. The van der Waals surface area contributed by atoms with Gasteiger partial charge in [-0.2, -0.15) is 0 Å². The van der Waals surface area contributed by atoms with Gasteiger partial charge in [0.2, 0.25) is 0 Å². The van der Waals surface area contributed by atoms with Crippen LogP contribution in [0.4, 0.5) is 0 Å². The molecule has 2 atom stereocenters. The monoisotopic (exact) mass is 265 g/mol. The fourth-order valence-corrected chi connectivity index (χ4v) is 2.14. The minimum atomic E-state index is -0.130. The molecule has 0 fully saturated rings. The fourth-order valence-electron chi connectivity index (χ4n) is 2.14. The van der Waals surface area contributed by atoms with Gasteiger partial charge in [0.05, 0.1) is 18.8 Å². The Morgan fingerprint density at radius 3 is 2.74 bits per heavy atom. The summed E-state index contributed by atoms with van der Waals surface area (Å²) < 4.78 is 16.8. The maximum absolute atomic E-state index is 6.15. The third-order valence-electron chi connectivity index (χ3n) is 3.25. The first-order valence-electron chi connectivity index (χ1n) is 6.97. The highest BCUT2D eigenvalue weighted by Crippen LogP contribution is 2.32. The standard InChI is InChI=1S/C15H23NO3/c1-3-4-11(2)19-10-13(16)12-5-6-14-15(9-12)18-8-7-17-14/h5-6,9,11,13H,3-4,7-8,10,16H2,1-2H3. The number of hydrogen-bond acceptors (Lipinski definition) is 4. The third kappa shape index (κ3) is 3.85. The summed E-state index contributed by atoms with van der Waals surface area (Å²) in [7, 11) is 0. The van der Waals surface area contributed by atoms with E-state index in [0.717, 1.165) is 29.9 Å². The van der Waals surface area contributed by atoms with E-state index in [2.05, 4.69) is 13.8 Å². The molecule has 0 aliphatic carbocycles. The maximum Gasteiger partial charge on any atom is 0.161 e. The van der Waals surface area contributed by atoms with Crippen molar-refractivity contribution in [1.82, 2.24) is 0 Å². The van der Waals surface area contributed by atoms with Crippen molar-refractivity contribution in [3.05, 3.63) is 23.8 Å².